The number of nitrogens with one attached hydrogen (secondary N) is 1. The molecule has 0 saturated heterocycles. The zero-order chi connectivity index (χ0) is 14.3. The second-order valence-corrected chi connectivity index (χ2v) is 4.98. The molecule has 19 heavy (non-hydrogen) atoms. The van der Waals surface area contributed by atoms with Gasteiger partial charge in [0.05, 0.1) is 26.7 Å². The van der Waals surface area contributed by atoms with Crippen molar-refractivity contribution < 1.29 is 19.1 Å². The van der Waals surface area contributed by atoms with E-state index in [1.54, 1.807) is 0 Å². The second-order valence-electron chi connectivity index (χ2n) is 4.00. The monoisotopic (exact) mass is 285 g/mol. The summed E-state index contributed by atoms with van der Waals surface area (Å²) in [6, 6.07) is 3.17. The molecular weight excluding hydrogens is 266 g/mol. The van der Waals surface area contributed by atoms with Crippen molar-refractivity contribution in [3.8, 4) is 0 Å². The number of carbonyl (C=O) groups excluding carboxylic acids is 2. The van der Waals surface area contributed by atoms with Crippen molar-refractivity contribution in [3.63, 3.8) is 0 Å². The van der Waals surface area contributed by atoms with E-state index >= 15 is 0 Å². The van der Waals surface area contributed by atoms with Gasteiger partial charge < -0.3 is 9.47 Å². The molecule has 2 unspecified atom stereocenters. The molecule has 106 valence electrons. The Morgan fingerprint density at radius 1 is 1.37 bits per heavy atom. The molecule has 1 rings (SSSR count). The maximum absolute atomic E-state index is 11.6. The average Bonchev–Trinajstić information content (AvgIpc) is 2.96. The SMILES string of the molecule is CCC(NC(CC(=O)OC)c1cccs1)C(=O)OC. The third kappa shape index (κ3) is 4.65. The number of rotatable bonds is 7. The molecule has 1 N–H and O–H groups in total. The maximum atomic E-state index is 11.6. The van der Waals surface area contributed by atoms with Gasteiger partial charge in [-0.2, -0.15) is 0 Å². The number of esters is 2. The fourth-order valence-corrected chi connectivity index (χ4v) is 2.51. The van der Waals surface area contributed by atoms with E-state index in [0.29, 0.717) is 6.42 Å². The summed E-state index contributed by atoms with van der Waals surface area (Å²) < 4.78 is 9.43. The Balaban J connectivity index is 2.79. The van der Waals surface area contributed by atoms with Crippen molar-refractivity contribution in [3.05, 3.63) is 22.4 Å². The van der Waals surface area contributed by atoms with Crippen molar-refractivity contribution in [1.82, 2.24) is 5.32 Å². The van der Waals surface area contributed by atoms with Crippen LogP contribution in [0.25, 0.3) is 0 Å². The number of hydrogen-bond acceptors (Lipinski definition) is 6. The van der Waals surface area contributed by atoms with Crippen molar-refractivity contribution in [2.75, 3.05) is 14.2 Å². The topological polar surface area (TPSA) is 64.6 Å². The summed E-state index contributed by atoms with van der Waals surface area (Å²) in [7, 11) is 2.71. The molecule has 0 aromatic carbocycles. The summed E-state index contributed by atoms with van der Waals surface area (Å²) >= 11 is 1.53. The molecule has 1 aromatic rings. The lowest BCUT2D eigenvalue weighted by atomic mass is 10.1. The molecule has 0 amide bonds. The highest BCUT2D eigenvalue weighted by Gasteiger charge is 2.24. The minimum absolute atomic E-state index is 0.185. The summed E-state index contributed by atoms with van der Waals surface area (Å²) in [5.74, 6) is -0.639. The first kappa shape index (κ1) is 15.7. The van der Waals surface area contributed by atoms with E-state index in [1.807, 2.05) is 24.4 Å². The molecule has 6 heteroatoms. The molecule has 0 aliphatic rings. The molecule has 0 bridgehead atoms. The van der Waals surface area contributed by atoms with Crippen LogP contribution in [0, 0.1) is 0 Å². The van der Waals surface area contributed by atoms with Crippen LogP contribution in [0.5, 0.6) is 0 Å². The van der Waals surface area contributed by atoms with Crippen LogP contribution in [0.2, 0.25) is 0 Å². The molecule has 1 aromatic heterocycles. The molecule has 0 aliphatic carbocycles. The average molecular weight is 285 g/mol. The Bertz CT molecular complexity index is 405. The zero-order valence-corrected chi connectivity index (χ0v) is 12.2. The Hall–Kier alpha value is -1.40. The normalized spacial score (nSPS) is 13.6. The van der Waals surface area contributed by atoms with Crippen molar-refractivity contribution >= 4 is 23.3 Å². The van der Waals surface area contributed by atoms with E-state index < -0.39 is 6.04 Å². The van der Waals surface area contributed by atoms with Gasteiger partial charge in [-0.05, 0) is 17.9 Å². The summed E-state index contributed by atoms with van der Waals surface area (Å²) in [4.78, 5) is 24.1. The van der Waals surface area contributed by atoms with Gasteiger partial charge in [-0.3, -0.25) is 14.9 Å². The number of methoxy groups -OCH3 is 2. The van der Waals surface area contributed by atoms with Crippen LogP contribution in [0.1, 0.15) is 30.7 Å². The summed E-state index contributed by atoms with van der Waals surface area (Å²) in [5, 5.41) is 5.09. The number of ether oxygens (including phenoxy) is 2. The van der Waals surface area contributed by atoms with Crippen LogP contribution in [-0.2, 0) is 19.1 Å². The van der Waals surface area contributed by atoms with Gasteiger partial charge in [0, 0.05) is 4.88 Å². The van der Waals surface area contributed by atoms with Crippen LogP contribution >= 0.6 is 11.3 Å². The van der Waals surface area contributed by atoms with Gasteiger partial charge >= 0.3 is 11.9 Å². The molecule has 0 spiro atoms. The van der Waals surface area contributed by atoms with Crippen molar-refractivity contribution in [2.45, 2.75) is 31.8 Å². The molecule has 5 nitrogen and oxygen atoms in total. The van der Waals surface area contributed by atoms with Gasteiger partial charge in [0.1, 0.15) is 6.04 Å². The zero-order valence-electron chi connectivity index (χ0n) is 11.3. The maximum Gasteiger partial charge on any atom is 0.322 e. The number of thiophene rings is 1. The fourth-order valence-electron chi connectivity index (χ4n) is 1.72. The first-order valence-electron chi connectivity index (χ1n) is 6.06. The summed E-state index contributed by atoms with van der Waals surface area (Å²) in [5.41, 5.74) is 0. The highest BCUT2D eigenvalue weighted by atomic mass is 32.1. The van der Waals surface area contributed by atoms with Gasteiger partial charge in [-0.25, -0.2) is 0 Å². The fraction of sp³-hybridized carbons (Fsp3) is 0.538. The quantitative estimate of drug-likeness (QED) is 0.775. The van der Waals surface area contributed by atoms with Crippen LogP contribution in [0.15, 0.2) is 17.5 Å². The minimum atomic E-state index is -0.429. The van der Waals surface area contributed by atoms with Gasteiger partial charge in [-0.1, -0.05) is 13.0 Å². The second kappa shape index (κ2) is 7.91. The van der Waals surface area contributed by atoms with Crippen LogP contribution in [0.3, 0.4) is 0 Å². The van der Waals surface area contributed by atoms with Gasteiger partial charge in [-0.15, -0.1) is 11.3 Å². The molecule has 1 heterocycles. The minimum Gasteiger partial charge on any atom is -0.469 e. The van der Waals surface area contributed by atoms with Crippen LogP contribution in [0.4, 0.5) is 0 Å². The van der Waals surface area contributed by atoms with Crippen molar-refractivity contribution in [2.24, 2.45) is 0 Å². The molecule has 0 saturated carbocycles. The van der Waals surface area contributed by atoms with E-state index in [9.17, 15) is 9.59 Å². The van der Waals surface area contributed by atoms with E-state index in [0.717, 1.165) is 4.88 Å². The lowest BCUT2D eigenvalue weighted by Gasteiger charge is -2.22. The lowest BCUT2D eigenvalue weighted by molar-refractivity contribution is -0.145. The standard InChI is InChI=1S/C13H19NO4S/c1-4-9(13(16)18-3)14-10(8-12(15)17-2)11-6-5-7-19-11/h5-7,9-10,14H,4,8H2,1-3H3. The predicted molar refractivity (Wildman–Crippen MR) is 72.9 cm³/mol. The Morgan fingerprint density at radius 2 is 2.11 bits per heavy atom. The van der Waals surface area contributed by atoms with Gasteiger partial charge in [0.25, 0.3) is 0 Å². The van der Waals surface area contributed by atoms with E-state index in [-0.39, 0.29) is 24.4 Å². The third-order valence-electron chi connectivity index (χ3n) is 2.78. The van der Waals surface area contributed by atoms with E-state index in [2.05, 4.69) is 5.32 Å². The Morgan fingerprint density at radius 3 is 2.58 bits per heavy atom. The molecular formula is C13H19NO4S. The van der Waals surface area contributed by atoms with Crippen molar-refractivity contribution in [1.29, 1.82) is 0 Å². The largest absolute Gasteiger partial charge is 0.469 e. The Kier molecular flexibility index (Phi) is 6.52. The van der Waals surface area contributed by atoms with E-state index in [4.69, 9.17) is 9.47 Å². The Labute approximate surface area is 116 Å². The molecule has 0 fully saturated rings. The first-order valence-corrected chi connectivity index (χ1v) is 6.94. The van der Waals surface area contributed by atoms with Crippen LogP contribution < -0.4 is 5.32 Å². The highest BCUT2D eigenvalue weighted by molar-refractivity contribution is 7.10. The first-order chi connectivity index (χ1) is 9.12. The van der Waals surface area contributed by atoms with Gasteiger partial charge in [0.15, 0.2) is 0 Å². The van der Waals surface area contributed by atoms with Gasteiger partial charge in [0.2, 0.25) is 0 Å². The highest BCUT2D eigenvalue weighted by Crippen LogP contribution is 2.23. The summed E-state index contributed by atoms with van der Waals surface area (Å²) in [6.07, 6.45) is 0.778. The smallest absolute Gasteiger partial charge is 0.322 e. The molecule has 2 atom stereocenters. The molecule has 0 aliphatic heterocycles. The summed E-state index contributed by atoms with van der Waals surface area (Å²) in [6.45, 7) is 1.89. The number of carbonyl (C=O) groups is 2. The molecule has 0 radical (unpaired) electrons. The predicted octanol–water partition coefficient (Wildman–Crippen LogP) is 1.89. The number of hydrogen-bond donors (Lipinski definition) is 1. The lowest BCUT2D eigenvalue weighted by Crippen LogP contribution is -2.40. The van der Waals surface area contributed by atoms with E-state index in [1.165, 1.54) is 25.6 Å². The van der Waals surface area contributed by atoms with Crippen LogP contribution in [-0.4, -0.2) is 32.2 Å². The third-order valence-corrected chi connectivity index (χ3v) is 3.77.